The van der Waals surface area contributed by atoms with Gasteiger partial charge in [-0.05, 0) is 17.7 Å². The van der Waals surface area contributed by atoms with Crippen LogP contribution in [0.5, 0.6) is 0 Å². The second kappa shape index (κ2) is 5.94. The first kappa shape index (κ1) is 13.6. The average Bonchev–Trinajstić information content (AvgIpc) is 2.66. The van der Waals surface area contributed by atoms with Gasteiger partial charge in [0.05, 0.1) is 12.2 Å². The Labute approximate surface area is 124 Å². The number of nitrogens with zero attached hydrogens (tertiary/aromatic N) is 1. The number of carbonyl (C=O) groups excluding carboxylic acids is 1. The Balaban J connectivity index is 2.02. The van der Waals surface area contributed by atoms with E-state index in [0.717, 1.165) is 16.8 Å². The summed E-state index contributed by atoms with van der Waals surface area (Å²) < 4.78 is 5.48. The van der Waals surface area contributed by atoms with Gasteiger partial charge in [-0.3, -0.25) is 4.79 Å². The van der Waals surface area contributed by atoms with Crippen LogP contribution in [-0.2, 0) is 16.1 Å². The van der Waals surface area contributed by atoms with Gasteiger partial charge in [0, 0.05) is 18.7 Å². The highest BCUT2D eigenvalue weighted by atomic mass is 16.5. The van der Waals surface area contributed by atoms with E-state index >= 15 is 0 Å². The molecule has 3 rings (SSSR count). The molecule has 1 aliphatic heterocycles. The molecule has 0 spiro atoms. The minimum atomic E-state index is -0.189. The van der Waals surface area contributed by atoms with Gasteiger partial charge in [-0.2, -0.15) is 0 Å². The third-order valence-corrected chi connectivity index (χ3v) is 3.65. The molecule has 0 aromatic heterocycles. The molecule has 0 N–H and O–H groups in total. The van der Waals surface area contributed by atoms with Crippen LogP contribution >= 0.6 is 0 Å². The highest BCUT2D eigenvalue weighted by molar-refractivity contribution is 6.02. The van der Waals surface area contributed by atoms with E-state index in [1.165, 1.54) is 0 Å². The van der Waals surface area contributed by atoms with Gasteiger partial charge in [-0.1, -0.05) is 48.5 Å². The average molecular weight is 279 g/mol. The smallest absolute Gasteiger partial charge is 0.251 e. The zero-order valence-corrected chi connectivity index (χ0v) is 11.9. The number of carbonyl (C=O) groups is 1. The van der Waals surface area contributed by atoms with Crippen LogP contribution in [0.1, 0.15) is 17.2 Å². The van der Waals surface area contributed by atoms with E-state index in [0.29, 0.717) is 6.54 Å². The zero-order valence-electron chi connectivity index (χ0n) is 11.9. The topological polar surface area (TPSA) is 29.5 Å². The van der Waals surface area contributed by atoms with Gasteiger partial charge in [0.2, 0.25) is 0 Å². The molecule has 0 saturated carbocycles. The van der Waals surface area contributed by atoms with Gasteiger partial charge in [-0.25, -0.2) is 0 Å². The maximum absolute atomic E-state index is 12.4. The Morgan fingerprint density at radius 2 is 1.76 bits per heavy atom. The molecule has 0 radical (unpaired) electrons. The molecule has 106 valence electrons. The molecule has 1 aliphatic rings. The summed E-state index contributed by atoms with van der Waals surface area (Å²) in [5, 5.41) is 0. The molecule has 2 aromatic carbocycles. The van der Waals surface area contributed by atoms with Crippen molar-refractivity contribution in [1.82, 2.24) is 0 Å². The van der Waals surface area contributed by atoms with E-state index in [4.69, 9.17) is 4.74 Å². The molecule has 0 aliphatic carbocycles. The summed E-state index contributed by atoms with van der Waals surface area (Å²) in [7, 11) is 1.66. The van der Waals surface area contributed by atoms with Gasteiger partial charge in [0.25, 0.3) is 5.91 Å². The van der Waals surface area contributed by atoms with Crippen molar-refractivity contribution in [2.24, 2.45) is 0 Å². The van der Waals surface area contributed by atoms with Crippen LogP contribution in [0.15, 0.2) is 66.7 Å². The summed E-state index contributed by atoms with van der Waals surface area (Å²) in [5.74, 6) is -0.0224. The SMILES string of the molecule is COC1C=CC(=O)N(Cc2ccccc2)c2ccccc21. The van der Waals surface area contributed by atoms with E-state index < -0.39 is 0 Å². The zero-order chi connectivity index (χ0) is 14.7. The maximum atomic E-state index is 12.4. The fourth-order valence-electron chi connectivity index (χ4n) is 2.59. The summed E-state index contributed by atoms with van der Waals surface area (Å²) in [6.07, 6.45) is 3.22. The van der Waals surface area contributed by atoms with Crippen molar-refractivity contribution in [3.05, 3.63) is 77.9 Å². The molecule has 2 aromatic rings. The second-order valence-corrected chi connectivity index (χ2v) is 4.98. The molecule has 3 nitrogen and oxygen atoms in total. The minimum Gasteiger partial charge on any atom is -0.373 e. The molecule has 1 heterocycles. The lowest BCUT2D eigenvalue weighted by molar-refractivity contribution is -0.114. The molecule has 0 saturated heterocycles. The molecule has 1 amide bonds. The summed E-state index contributed by atoms with van der Waals surface area (Å²) in [5.41, 5.74) is 3.02. The highest BCUT2D eigenvalue weighted by Gasteiger charge is 2.23. The number of rotatable bonds is 3. The quantitative estimate of drug-likeness (QED) is 0.861. The Hall–Kier alpha value is -2.39. The van der Waals surface area contributed by atoms with Crippen LogP contribution in [0.2, 0.25) is 0 Å². The number of hydrogen-bond donors (Lipinski definition) is 0. The van der Waals surface area contributed by atoms with E-state index in [1.807, 2.05) is 60.7 Å². The Morgan fingerprint density at radius 3 is 2.52 bits per heavy atom. The van der Waals surface area contributed by atoms with Crippen molar-refractivity contribution in [1.29, 1.82) is 0 Å². The number of fused-ring (bicyclic) bond motifs is 1. The number of amides is 1. The first-order chi connectivity index (χ1) is 10.3. The summed E-state index contributed by atoms with van der Waals surface area (Å²) in [6.45, 7) is 0.553. The van der Waals surface area contributed by atoms with Crippen molar-refractivity contribution in [2.45, 2.75) is 12.6 Å². The third-order valence-electron chi connectivity index (χ3n) is 3.65. The number of para-hydroxylation sites is 1. The van der Waals surface area contributed by atoms with Crippen molar-refractivity contribution >= 4 is 11.6 Å². The minimum absolute atomic E-state index is 0.0224. The third kappa shape index (κ3) is 2.73. The fraction of sp³-hybridized carbons (Fsp3) is 0.167. The number of methoxy groups -OCH3 is 1. The Bertz CT molecular complexity index is 664. The first-order valence-electron chi connectivity index (χ1n) is 6.95. The van der Waals surface area contributed by atoms with Crippen molar-refractivity contribution in [3.63, 3.8) is 0 Å². The van der Waals surface area contributed by atoms with Gasteiger partial charge in [0.1, 0.15) is 6.10 Å². The van der Waals surface area contributed by atoms with Crippen molar-refractivity contribution in [2.75, 3.05) is 12.0 Å². The molecule has 3 heteroatoms. The highest BCUT2D eigenvalue weighted by Crippen LogP contribution is 2.32. The monoisotopic (exact) mass is 279 g/mol. The van der Waals surface area contributed by atoms with Gasteiger partial charge in [-0.15, -0.1) is 0 Å². The number of benzene rings is 2. The van der Waals surface area contributed by atoms with Crippen molar-refractivity contribution in [3.8, 4) is 0 Å². The lowest BCUT2D eigenvalue weighted by Gasteiger charge is -2.24. The second-order valence-electron chi connectivity index (χ2n) is 4.98. The fourth-order valence-corrected chi connectivity index (χ4v) is 2.59. The standard InChI is InChI=1S/C18H17NO2/c1-21-17-11-12-18(20)19(13-14-7-3-2-4-8-14)16-10-6-5-9-15(16)17/h2-12,17H,13H2,1H3. The molecular formula is C18H17NO2. The predicted molar refractivity (Wildman–Crippen MR) is 83.0 cm³/mol. The predicted octanol–water partition coefficient (Wildman–Crippen LogP) is 3.48. The number of hydrogen-bond acceptors (Lipinski definition) is 2. The van der Waals surface area contributed by atoms with Gasteiger partial charge < -0.3 is 9.64 Å². The van der Waals surface area contributed by atoms with Gasteiger partial charge >= 0.3 is 0 Å². The lowest BCUT2D eigenvalue weighted by Crippen LogP contribution is -2.28. The van der Waals surface area contributed by atoms with Gasteiger partial charge in [0.15, 0.2) is 0 Å². The molecule has 1 atom stereocenters. The molecule has 0 bridgehead atoms. The molecular weight excluding hydrogens is 262 g/mol. The molecule has 21 heavy (non-hydrogen) atoms. The van der Waals surface area contributed by atoms with E-state index in [9.17, 15) is 4.79 Å². The maximum Gasteiger partial charge on any atom is 0.251 e. The van der Waals surface area contributed by atoms with E-state index in [1.54, 1.807) is 18.1 Å². The first-order valence-corrected chi connectivity index (χ1v) is 6.95. The van der Waals surface area contributed by atoms with Crippen LogP contribution in [0, 0.1) is 0 Å². The van der Waals surface area contributed by atoms with Crippen LogP contribution in [-0.4, -0.2) is 13.0 Å². The molecule has 0 fully saturated rings. The molecule has 1 unspecified atom stereocenters. The largest absolute Gasteiger partial charge is 0.373 e. The normalized spacial score (nSPS) is 17.5. The number of ether oxygens (including phenoxy) is 1. The summed E-state index contributed by atoms with van der Waals surface area (Å²) in [4.78, 5) is 14.2. The Morgan fingerprint density at radius 1 is 1.05 bits per heavy atom. The van der Waals surface area contributed by atoms with E-state index in [2.05, 4.69) is 0 Å². The van der Waals surface area contributed by atoms with Crippen LogP contribution in [0.4, 0.5) is 5.69 Å². The van der Waals surface area contributed by atoms with Crippen LogP contribution < -0.4 is 4.90 Å². The lowest BCUT2D eigenvalue weighted by atomic mass is 10.1. The van der Waals surface area contributed by atoms with Crippen molar-refractivity contribution < 1.29 is 9.53 Å². The summed E-state index contributed by atoms with van der Waals surface area (Å²) >= 11 is 0. The van der Waals surface area contributed by atoms with E-state index in [-0.39, 0.29) is 12.0 Å². The summed E-state index contributed by atoms with van der Waals surface area (Å²) in [6, 6.07) is 17.9. The van der Waals surface area contributed by atoms with Crippen LogP contribution in [0.25, 0.3) is 0 Å². The van der Waals surface area contributed by atoms with Crippen LogP contribution in [0.3, 0.4) is 0 Å². The Kier molecular flexibility index (Phi) is 3.84. The number of anilines is 1.